The third kappa shape index (κ3) is 3.18. The molecule has 1 aromatic heterocycles. The molecule has 0 saturated carbocycles. The Kier molecular flexibility index (Phi) is 3.96. The van der Waals surface area contributed by atoms with Gasteiger partial charge in [-0.1, -0.05) is 11.6 Å². The van der Waals surface area contributed by atoms with Gasteiger partial charge in [-0.25, -0.2) is 9.37 Å². The van der Waals surface area contributed by atoms with Crippen molar-refractivity contribution in [3.63, 3.8) is 0 Å². The topological polar surface area (TPSA) is 65.3 Å². The molecule has 0 aliphatic heterocycles. The molecule has 2 aromatic rings. The van der Waals surface area contributed by atoms with Gasteiger partial charge in [0, 0.05) is 12.1 Å². The van der Waals surface area contributed by atoms with Crippen LogP contribution in [0.5, 0.6) is 11.6 Å². The van der Waals surface area contributed by atoms with Gasteiger partial charge in [0.05, 0.1) is 20.6 Å². The van der Waals surface area contributed by atoms with Crippen molar-refractivity contribution in [2.24, 2.45) is 0 Å². The summed E-state index contributed by atoms with van der Waals surface area (Å²) in [6.07, 6.45) is 1.21. The van der Waals surface area contributed by atoms with E-state index in [0.29, 0.717) is 0 Å². The Balaban J connectivity index is 2.37. The normalized spacial score (nSPS) is 10.3. The maximum atomic E-state index is 13.3. The van der Waals surface area contributed by atoms with Crippen LogP contribution in [-0.2, 0) is 0 Å². The molecule has 0 atom stereocenters. The molecule has 0 N–H and O–H groups in total. The second-order valence-corrected chi connectivity index (χ2v) is 4.70. The summed E-state index contributed by atoms with van der Waals surface area (Å²) < 4.78 is 18.8. The van der Waals surface area contributed by atoms with Crippen LogP contribution in [0.2, 0.25) is 5.02 Å². The largest absolute Gasteiger partial charge is 0.434 e. The molecule has 0 saturated heterocycles. The van der Waals surface area contributed by atoms with Gasteiger partial charge in [-0.3, -0.25) is 10.1 Å². The number of halogens is 3. The first-order valence-corrected chi connectivity index (χ1v) is 6.07. The first-order chi connectivity index (χ1) is 8.97. The standard InChI is InChI=1S/C11H5BrClFN2O3/c12-8-2-1-7(4-9(8)14)19-11-10(16(17)18)3-6(13)5-15-11/h1-5H. The van der Waals surface area contributed by atoms with E-state index in [-0.39, 0.29) is 21.1 Å². The van der Waals surface area contributed by atoms with Gasteiger partial charge in [0.15, 0.2) is 0 Å². The zero-order valence-electron chi connectivity index (χ0n) is 9.14. The van der Waals surface area contributed by atoms with Crippen LogP contribution < -0.4 is 4.74 Å². The summed E-state index contributed by atoms with van der Waals surface area (Å²) in [5.41, 5.74) is -0.393. The van der Waals surface area contributed by atoms with Crippen LogP contribution in [-0.4, -0.2) is 9.91 Å². The highest BCUT2D eigenvalue weighted by Gasteiger charge is 2.18. The van der Waals surface area contributed by atoms with Crippen LogP contribution in [0, 0.1) is 15.9 Å². The fourth-order valence-electron chi connectivity index (χ4n) is 1.28. The Bertz CT molecular complexity index is 654. The van der Waals surface area contributed by atoms with Crippen LogP contribution in [0.1, 0.15) is 0 Å². The van der Waals surface area contributed by atoms with E-state index in [0.717, 1.165) is 12.1 Å². The second-order valence-electron chi connectivity index (χ2n) is 3.41. The minimum atomic E-state index is -0.677. The number of hydrogen-bond acceptors (Lipinski definition) is 4. The molecule has 0 aliphatic carbocycles. The summed E-state index contributed by atoms with van der Waals surface area (Å²) in [4.78, 5) is 13.9. The van der Waals surface area contributed by atoms with Crippen LogP contribution in [0.3, 0.4) is 0 Å². The van der Waals surface area contributed by atoms with E-state index < -0.39 is 16.4 Å². The molecule has 0 aliphatic rings. The van der Waals surface area contributed by atoms with E-state index in [4.69, 9.17) is 16.3 Å². The molecule has 98 valence electrons. The zero-order valence-corrected chi connectivity index (χ0v) is 11.5. The third-order valence-electron chi connectivity index (χ3n) is 2.10. The molecule has 1 heterocycles. The fraction of sp³-hybridized carbons (Fsp3) is 0. The lowest BCUT2D eigenvalue weighted by Crippen LogP contribution is -1.96. The number of rotatable bonds is 3. The van der Waals surface area contributed by atoms with E-state index in [1.807, 2.05) is 0 Å². The van der Waals surface area contributed by atoms with Crippen molar-refractivity contribution in [2.45, 2.75) is 0 Å². The maximum Gasteiger partial charge on any atom is 0.332 e. The monoisotopic (exact) mass is 346 g/mol. The van der Waals surface area contributed by atoms with Crippen molar-refractivity contribution in [3.05, 3.63) is 55.9 Å². The Morgan fingerprint density at radius 2 is 2.16 bits per heavy atom. The molecule has 5 nitrogen and oxygen atoms in total. The number of nitro groups is 1. The molecule has 2 rings (SSSR count). The van der Waals surface area contributed by atoms with Gasteiger partial charge in [-0.05, 0) is 28.1 Å². The summed E-state index contributed by atoms with van der Waals surface area (Å²) in [7, 11) is 0. The molecule has 0 amide bonds. The summed E-state index contributed by atoms with van der Waals surface area (Å²) in [5.74, 6) is -0.705. The van der Waals surface area contributed by atoms with Gasteiger partial charge in [-0.2, -0.15) is 0 Å². The van der Waals surface area contributed by atoms with Gasteiger partial charge >= 0.3 is 5.69 Å². The highest BCUT2D eigenvalue weighted by atomic mass is 79.9. The number of nitrogens with zero attached hydrogens (tertiary/aromatic N) is 2. The van der Waals surface area contributed by atoms with Gasteiger partial charge in [-0.15, -0.1) is 0 Å². The van der Waals surface area contributed by atoms with Gasteiger partial charge in [0.25, 0.3) is 5.88 Å². The lowest BCUT2D eigenvalue weighted by Gasteiger charge is -2.05. The average molecular weight is 348 g/mol. The highest BCUT2D eigenvalue weighted by Crippen LogP contribution is 2.32. The quantitative estimate of drug-likeness (QED) is 0.612. The number of benzene rings is 1. The van der Waals surface area contributed by atoms with Crippen molar-refractivity contribution in [2.75, 3.05) is 0 Å². The van der Waals surface area contributed by atoms with E-state index >= 15 is 0 Å². The van der Waals surface area contributed by atoms with Gasteiger partial charge in [0.2, 0.25) is 0 Å². The molecule has 0 radical (unpaired) electrons. The predicted octanol–water partition coefficient (Wildman–Crippen LogP) is 4.34. The summed E-state index contributed by atoms with van der Waals surface area (Å²) in [6, 6.07) is 5.07. The van der Waals surface area contributed by atoms with E-state index in [9.17, 15) is 14.5 Å². The Labute approximate surface area is 120 Å². The average Bonchev–Trinajstić information content (AvgIpc) is 2.36. The smallest absolute Gasteiger partial charge is 0.332 e. The molecule has 19 heavy (non-hydrogen) atoms. The van der Waals surface area contributed by atoms with E-state index in [1.54, 1.807) is 0 Å². The minimum absolute atomic E-state index is 0.0959. The molecule has 0 fully saturated rings. The number of pyridine rings is 1. The number of aromatic nitrogens is 1. The maximum absolute atomic E-state index is 13.3. The molecule has 0 unspecified atom stereocenters. The van der Waals surface area contributed by atoms with Gasteiger partial charge < -0.3 is 4.74 Å². The van der Waals surface area contributed by atoms with Crippen molar-refractivity contribution >= 4 is 33.2 Å². The lowest BCUT2D eigenvalue weighted by atomic mass is 10.3. The predicted molar refractivity (Wildman–Crippen MR) is 70.1 cm³/mol. The van der Waals surface area contributed by atoms with Gasteiger partial charge in [0.1, 0.15) is 11.6 Å². The van der Waals surface area contributed by atoms with Crippen LogP contribution in [0.4, 0.5) is 10.1 Å². The van der Waals surface area contributed by atoms with E-state index in [1.165, 1.54) is 18.3 Å². The van der Waals surface area contributed by atoms with Crippen LogP contribution in [0.15, 0.2) is 34.9 Å². The lowest BCUT2D eigenvalue weighted by molar-refractivity contribution is -0.386. The SMILES string of the molecule is O=[N+]([O-])c1cc(Cl)cnc1Oc1ccc(Br)c(F)c1. The van der Waals surface area contributed by atoms with Crippen molar-refractivity contribution in [1.29, 1.82) is 0 Å². The van der Waals surface area contributed by atoms with Crippen molar-refractivity contribution < 1.29 is 14.1 Å². The number of hydrogen-bond donors (Lipinski definition) is 0. The summed E-state index contributed by atoms with van der Waals surface area (Å²) >= 11 is 8.61. The van der Waals surface area contributed by atoms with Crippen LogP contribution >= 0.6 is 27.5 Å². The first kappa shape index (κ1) is 13.7. The molecule has 0 spiro atoms. The highest BCUT2D eigenvalue weighted by molar-refractivity contribution is 9.10. The molecule has 0 bridgehead atoms. The van der Waals surface area contributed by atoms with Crippen molar-refractivity contribution in [3.8, 4) is 11.6 Å². The Morgan fingerprint density at radius 1 is 1.42 bits per heavy atom. The second kappa shape index (κ2) is 5.50. The van der Waals surface area contributed by atoms with Crippen molar-refractivity contribution in [1.82, 2.24) is 4.98 Å². The van der Waals surface area contributed by atoms with Crippen LogP contribution in [0.25, 0.3) is 0 Å². The molecular weight excluding hydrogens is 342 g/mol. The Morgan fingerprint density at radius 3 is 2.79 bits per heavy atom. The third-order valence-corrected chi connectivity index (χ3v) is 2.95. The number of ether oxygens (including phenoxy) is 1. The first-order valence-electron chi connectivity index (χ1n) is 4.90. The summed E-state index contributed by atoms with van der Waals surface area (Å²) in [6.45, 7) is 0. The zero-order chi connectivity index (χ0) is 14.0. The Hall–Kier alpha value is -1.73. The van der Waals surface area contributed by atoms with E-state index in [2.05, 4.69) is 20.9 Å². The summed E-state index contributed by atoms with van der Waals surface area (Å²) in [5, 5.41) is 10.9. The molecule has 1 aromatic carbocycles. The molecular formula is C11H5BrClFN2O3. The fourth-order valence-corrected chi connectivity index (χ4v) is 1.68. The minimum Gasteiger partial charge on any atom is -0.434 e. The molecule has 8 heteroatoms.